The molecule has 19 heavy (non-hydrogen) atoms. The Bertz CT molecular complexity index is 483. The summed E-state index contributed by atoms with van der Waals surface area (Å²) in [4.78, 5) is 14.1. The van der Waals surface area contributed by atoms with E-state index in [1.54, 1.807) is 11.8 Å². The fourth-order valence-corrected chi connectivity index (χ4v) is 2.49. The van der Waals surface area contributed by atoms with Crippen molar-refractivity contribution in [1.29, 1.82) is 0 Å². The van der Waals surface area contributed by atoms with Gasteiger partial charge < -0.3 is 15.3 Å². The Kier molecular flexibility index (Phi) is 3.80. The molecule has 1 heterocycles. The largest absolute Gasteiger partial charge is 0.388 e. The maximum absolute atomic E-state index is 12.4. The SMILES string of the molecule is CCNc1ccc(C(=O)N2CCC(C)(O)C2)cc1C. The van der Waals surface area contributed by atoms with Gasteiger partial charge in [0.1, 0.15) is 0 Å². The van der Waals surface area contributed by atoms with Crippen LogP contribution in [0.5, 0.6) is 0 Å². The van der Waals surface area contributed by atoms with Gasteiger partial charge in [-0.2, -0.15) is 0 Å². The molecule has 2 N–H and O–H groups in total. The predicted molar refractivity (Wildman–Crippen MR) is 76.5 cm³/mol. The highest BCUT2D eigenvalue weighted by atomic mass is 16.3. The summed E-state index contributed by atoms with van der Waals surface area (Å²) in [6, 6.07) is 5.70. The van der Waals surface area contributed by atoms with E-state index in [0.29, 0.717) is 25.1 Å². The third kappa shape index (κ3) is 3.07. The molecule has 0 aromatic heterocycles. The van der Waals surface area contributed by atoms with Gasteiger partial charge in [-0.15, -0.1) is 0 Å². The van der Waals surface area contributed by atoms with Gasteiger partial charge in [0, 0.05) is 30.9 Å². The zero-order valence-electron chi connectivity index (χ0n) is 11.9. The Labute approximate surface area is 114 Å². The first-order valence-electron chi connectivity index (χ1n) is 6.79. The van der Waals surface area contributed by atoms with Crippen LogP contribution in [0, 0.1) is 6.92 Å². The van der Waals surface area contributed by atoms with E-state index in [9.17, 15) is 9.90 Å². The van der Waals surface area contributed by atoms with Crippen LogP contribution in [0.1, 0.15) is 36.2 Å². The van der Waals surface area contributed by atoms with Crippen LogP contribution in [0.4, 0.5) is 5.69 Å². The number of anilines is 1. The highest BCUT2D eigenvalue weighted by molar-refractivity contribution is 5.95. The quantitative estimate of drug-likeness (QED) is 0.876. The van der Waals surface area contributed by atoms with Gasteiger partial charge >= 0.3 is 0 Å². The third-order valence-corrected chi connectivity index (χ3v) is 3.58. The van der Waals surface area contributed by atoms with Gasteiger partial charge in [-0.3, -0.25) is 4.79 Å². The average molecular weight is 262 g/mol. The van der Waals surface area contributed by atoms with Crippen molar-refractivity contribution in [3.63, 3.8) is 0 Å². The number of likely N-dealkylation sites (tertiary alicyclic amines) is 1. The highest BCUT2D eigenvalue weighted by Crippen LogP contribution is 2.23. The number of aryl methyl sites for hydroxylation is 1. The summed E-state index contributed by atoms with van der Waals surface area (Å²) >= 11 is 0. The monoisotopic (exact) mass is 262 g/mol. The van der Waals surface area contributed by atoms with Gasteiger partial charge in [-0.1, -0.05) is 0 Å². The van der Waals surface area contributed by atoms with Crippen molar-refractivity contribution in [2.24, 2.45) is 0 Å². The second kappa shape index (κ2) is 5.21. The van der Waals surface area contributed by atoms with Crippen molar-refractivity contribution in [3.05, 3.63) is 29.3 Å². The van der Waals surface area contributed by atoms with Crippen molar-refractivity contribution >= 4 is 11.6 Å². The number of rotatable bonds is 3. The summed E-state index contributed by atoms with van der Waals surface area (Å²) in [5, 5.41) is 13.2. The number of benzene rings is 1. The average Bonchev–Trinajstić information content (AvgIpc) is 2.71. The minimum absolute atomic E-state index is 0.00363. The molecule has 1 amide bonds. The van der Waals surface area contributed by atoms with Crippen molar-refractivity contribution in [2.75, 3.05) is 25.0 Å². The number of aliphatic hydroxyl groups is 1. The van der Waals surface area contributed by atoms with E-state index in [1.807, 2.05) is 32.0 Å². The third-order valence-electron chi connectivity index (χ3n) is 3.58. The fourth-order valence-electron chi connectivity index (χ4n) is 2.49. The molecule has 1 aromatic rings. The van der Waals surface area contributed by atoms with E-state index >= 15 is 0 Å². The van der Waals surface area contributed by atoms with E-state index in [1.165, 1.54) is 0 Å². The molecule has 1 unspecified atom stereocenters. The van der Waals surface area contributed by atoms with Crippen LogP contribution in [0.15, 0.2) is 18.2 Å². The molecule has 0 radical (unpaired) electrons. The van der Waals surface area contributed by atoms with Crippen molar-refractivity contribution in [1.82, 2.24) is 4.90 Å². The highest BCUT2D eigenvalue weighted by Gasteiger charge is 2.34. The van der Waals surface area contributed by atoms with Crippen molar-refractivity contribution < 1.29 is 9.90 Å². The van der Waals surface area contributed by atoms with Crippen LogP contribution in [0.2, 0.25) is 0 Å². The van der Waals surface area contributed by atoms with Crippen LogP contribution in [0.3, 0.4) is 0 Å². The summed E-state index contributed by atoms with van der Waals surface area (Å²) in [5.74, 6) is 0.00363. The Morgan fingerprint density at radius 3 is 2.79 bits per heavy atom. The predicted octanol–water partition coefficient (Wildman–Crippen LogP) is 2.02. The molecule has 0 spiro atoms. The van der Waals surface area contributed by atoms with Gasteiger partial charge in [-0.25, -0.2) is 0 Å². The molecule has 4 heteroatoms. The van der Waals surface area contributed by atoms with E-state index in [0.717, 1.165) is 17.8 Å². The molecule has 0 bridgehead atoms. The molecular weight excluding hydrogens is 240 g/mol. The van der Waals surface area contributed by atoms with Crippen molar-refractivity contribution in [3.8, 4) is 0 Å². The van der Waals surface area contributed by atoms with Gasteiger partial charge in [0.25, 0.3) is 5.91 Å². The molecule has 104 valence electrons. The van der Waals surface area contributed by atoms with E-state index in [2.05, 4.69) is 5.32 Å². The summed E-state index contributed by atoms with van der Waals surface area (Å²) in [6.45, 7) is 7.72. The van der Waals surface area contributed by atoms with Crippen molar-refractivity contribution in [2.45, 2.75) is 32.8 Å². The second-order valence-corrected chi connectivity index (χ2v) is 5.53. The molecule has 1 fully saturated rings. The molecule has 0 saturated carbocycles. The topological polar surface area (TPSA) is 52.6 Å². The Hall–Kier alpha value is -1.55. The Balaban J connectivity index is 2.14. The lowest BCUT2D eigenvalue weighted by Gasteiger charge is -2.19. The van der Waals surface area contributed by atoms with Crippen LogP contribution in [0.25, 0.3) is 0 Å². The zero-order chi connectivity index (χ0) is 14.0. The molecule has 1 aromatic carbocycles. The van der Waals surface area contributed by atoms with Gasteiger partial charge in [0.2, 0.25) is 0 Å². The Morgan fingerprint density at radius 1 is 1.53 bits per heavy atom. The van der Waals surface area contributed by atoms with Gasteiger partial charge in [0.15, 0.2) is 0 Å². The first-order chi connectivity index (χ1) is 8.93. The molecular formula is C15H22N2O2. The lowest BCUT2D eigenvalue weighted by Crippen LogP contribution is -2.33. The van der Waals surface area contributed by atoms with Gasteiger partial charge in [0.05, 0.1) is 5.60 Å². The van der Waals surface area contributed by atoms with E-state index in [-0.39, 0.29) is 5.91 Å². The standard InChI is InChI=1S/C15H22N2O2/c1-4-16-13-6-5-12(9-11(13)2)14(18)17-8-7-15(3,19)10-17/h5-6,9,16,19H,4,7-8,10H2,1-3H3. The minimum atomic E-state index is -0.742. The molecule has 1 aliphatic heterocycles. The van der Waals surface area contributed by atoms with E-state index in [4.69, 9.17) is 0 Å². The fraction of sp³-hybridized carbons (Fsp3) is 0.533. The lowest BCUT2D eigenvalue weighted by molar-refractivity contribution is 0.0572. The first-order valence-corrected chi connectivity index (χ1v) is 6.79. The van der Waals surface area contributed by atoms with E-state index < -0.39 is 5.60 Å². The summed E-state index contributed by atoms with van der Waals surface area (Å²) in [6.07, 6.45) is 0.646. The molecule has 2 rings (SSSR count). The number of hydrogen-bond donors (Lipinski definition) is 2. The maximum atomic E-state index is 12.4. The van der Waals surface area contributed by atoms with Crippen LogP contribution >= 0.6 is 0 Å². The number of nitrogens with zero attached hydrogens (tertiary/aromatic N) is 1. The number of hydrogen-bond acceptors (Lipinski definition) is 3. The number of β-amino-alcohol motifs (C(OH)–C–C–N with tert-alkyl or cyclic N) is 1. The Morgan fingerprint density at radius 2 is 2.26 bits per heavy atom. The molecule has 1 aliphatic rings. The first kappa shape index (κ1) is 13.9. The second-order valence-electron chi connectivity index (χ2n) is 5.53. The van der Waals surface area contributed by atoms with Crippen LogP contribution < -0.4 is 5.32 Å². The molecule has 0 aliphatic carbocycles. The van der Waals surface area contributed by atoms with Crippen LogP contribution in [-0.4, -0.2) is 41.1 Å². The maximum Gasteiger partial charge on any atom is 0.253 e. The molecule has 4 nitrogen and oxygen atoms in total. The summed E-state index contributed by atoms with van der Waals surface area (Å²) in [5.41, 5.74) is 2.08. The summed E-state index contributed by atoms with van der Waals surface area (Å²) < 4.78 is 0. The minimum Gasteiger partial charge on any atom is -0.388 e. The number of carbonyl (C=O) groups is 1. The zero-order valence-corrected chi connectivity index (χ0v) is 11.9. The molecule has 1 saturated heterocycles. The van der Waals surface area contributed by atoms with Gasteiger partial charge in [-0.05, 0) is 51.0 Å². The van der Waals surface area contributed by atoms with Crippen LogP contribution in [-0.2, 0) is 0 Å². The smallest absolute Gasteiger partial charge is 0.253 e. The normalized spacial score (nSPS) is 22.6. The lowest BCUT2D eigenvalue weighted by atomic mass is 10.1. The molecule has 1 atom stereocenters. The number of carbonyl (C=O) groups excluding carboxylic acids is 1. The number of amides is 1. The number of nitrogens with one attached hydrogen (secondary N) is 1. The summed E-state index contributed by atoms with van der Waals surface area (Å²) in [7, 11) is 0.